The zero-order valence-electron chi connectivity index (χ0n) is 23.6. The fraction of sp³-hybridized carbons (Fsp3) is 0.424. The number of carbonyl (C=O) groups excluding carboxylic acids is 1. The molecule has 1 heterocycles. The van der Waals surface area contributed by atoms with Crippen LogP contribution in [0.2, 0.25) is 0 Å². The molecule has 5 rings (SSSR count). The second-order valence-corrected chi connectivity index (χ2v) is 13.1. The van der Waals surface area contributed by atoms with Gasteiger partial charge in [-0.25, -0.2) is 8.42 Å². The van der Waals surface area contributed by atoms with Crippen molar-refractivity contribution in [1.82, 2.24) is 4.90 Å². The van der Waals surface area contributed by atoms with Crippen molar-refractivity contribution in [2.24, 2.45) is 5.92 Å². The minimum absolute atomic E-state index is 0.0847. The van der Waals surface area contributed by atoms with Crippen molar-refractivity contribution in [1.29, 1.82) is 0 Å². The van der Waals surface area contributed by atoms with Gasteiger partial charge in [0.1, 0.15) is 5.75 Å². The van der Waals surface area contributed by atoms with Gasteiger partial charge in [0, 0.05) is 31.7 Å². The van der Waals surface area contributed by atoms with E-state index >= 15 is 0 Å². The van der Waals surface area contributed by atoms with Crippen LogP contribution < -0.4 is 9.64 Å². The van der Waals surface area contributed by atoms with Gasteiger partial charge in [-0.1, -0.05) is 55.8 Å². The highest BCUT2D eigenvalue weighted by atomic mass is 32.2. The molecular formula is C33H40N2O4S. The number of ether oxygens (including phenoxy) is 1. The number of nitrogens with zero attached hydrogens (tertiary/aromatic N) is 2. The van der Waals surface area contributed by atoms with Gasteiger partial charge >= 0.3 is 0 Å². The molecule has 0 aromatic heterocycles. The van der Waals surface area contributed by atoms with E-state index in [0.717, 1.165) is 48.4 Å². The number of unbranched alkanes of at least 4 members (excludes halogenated alkanes) is 1. The van der Waals surface area contributed by atoms with Crippen molar-refractivity contribution in [2.75, 3.05) is 37.7 Å². The second kappa shape index (κ2) is 12.5. The fourth-order valence-electron chi connectivity index (χ4n) is 5.16. The first-order valence-electron chi connectivity index (χ1n) is 14.5. The van der Waals surface area contributed by atoms with Crippen LogP contribution in [0.1, 0.15) is 59.7 Å². The molecule has 3 aromatic rings. The lowest BCUT2D eigenvalue weighted by Crippen LogP contribution is -2.49. The molecule has 0 radical (unpaired) electrons. The Hall–Kier alpha value is -3.32. The Balaban J connectivity index is 1.24. The Bertz CT molecular complexity index is 1420. The number of sulfone groups is 1. The topological polar surface area (TPSA) is 66.9 Å². The summed E-state index contributed by atoms with van der Waals surface area (Å²) in [5, 5.41) is 0. The lowest BCUT2D eigenvalue weighted by atomic mass is 10.1. The van der Waals surface area contributed by atoms with Gasteiger partial charge in [-0.3, -0.25) is 4.79 Å². The van der Waals surface area contributed by atoms with Crippen LogP contribution in [-0.2, 0) is 22.0 Å². The molecular weight excluding hydrogens is 520 g/mol. The van der Waals surface area contributed by atoms with Crippen LogP contribution in [0.5, 0.6) is 5.75 Å². The monoisotopic (exact) mass is 560 g/mol. The summed E-state index contributed by atoms with van der Waals surface area (Å²) in [4.78, 5) is 17.9. The van der Waals surface area contributed by atoms with Crippen molar-refractivity contribution in [2.45, 2.75) is 56.6 Å². The maximum absolute atomic E-state index is 13.6. The van der Waals surface area contributed by atoms with E-state index in [-0.39, 0.29) is 16.6 Å². The van der Waals surface area contributed by atoms with Gasteiger partial charge in [-0.15, -0.1) is 0 Å². The van der Waals surface area contributed by atoms with Crippen LogP contribution >= 0.6 is 0 Å². The summed E-state index contributed by atoms with van der Waals surface area (Å²) in [5.74, 6) is 1.38. The number of aryl methyl sites for hydroxylation is 2. The first-order valence-corrected chi connectivity index (χ1v) is 16.2. The Morgan fingerprint density at radius 1 is 0.925 bits per heavy atom. The number of para-hydroxylation sites is 2. The molecule has 0 spiro atoms. The third-order valence-corrected chi connectivity index (χ3v) is 9.63. The van der Waals surface area contributed by atoms with Crippen molar-refractivity contribution >= 4 is 21.4 Å². The van der Waals surface area contributed by atoms with E-state index in [1.54, 1.807) is 18.2 Å². The molecule has 1 aliphatic heterocycles. The molecule has 0 unspecified atom stereocenters. The van der Waals surface area contributed by atoms with E-state index < -0.39 is 9.84 Å². The minimum Gasteiger partial charge on any atom is -0.491 e. The molecule has 40 heavy (non-hydrogen) atoms. The third kappa shape index (κ3) is 6.87. The summed E-state index contributed by atoms with van der Waals surface area (Å²) in [6, 6.07) is 20.9. The summed E-state index contributed by atoms with van der Waals surface area (Å²) in [6.45, 7) is 7.31. The number of hydrogen-bond donors (Lipinski definition) is 0. The van der Waals surface area contributed by atoms with Gasteiger partial charge in [-0.05, 0) is 79.5 Å². The van der Waals surface area contributed by atoms with E-state index in [0.29, 0.717) is 37.7 Å². The van der Waals surface area contributed by atoms with Crippen molar-refractivity contribution < 1.29 is 17.9 Å². The predicted molar refractivity (Wildman–Crippen MR) is 160 cm³/mol. The molecule has 2 aliphatic rings. The molecule has 7 heteroatoms. The molecule has 0 bridgehead atoms. The standard InChI is InChI=1S/C33H40N2O4S/c1-3-4-7-26-11-15-28(16-12-26)24-40(37,38)29-17-10-25(2)30(22-29)33(36)35-20-18-34(19-21-35)31-8-5-6-9-32(31)39-23-27-13-14-27/h5-6,8-12,15-17,22,27H,3-4,7,13-14,18-21,23-24H2,1-2H3. The molecule has 2 fully saturated rings. The highest BCUT2D eigenvalue weighted by Crippen LogP contribution is 2.33. The van der Waals surface area contributed by atoms with Gasteiger partial charge in [0.15, 0.2) is 9.84 Å². The van der Waals surface area contributed by atoms with Crippen molar-refractivity contribution in [3.8, 4) is 5.75 Å². The smallest absolute Gasteiger partial charge is 0.254 e. The Kier molecular flexibility index (Phi) is 8.79. The maximum atomic E-state index is 13.6. The molecule has 1 saturated carbocycles. The van der Waals surface area contributed by atoms with E-state index in [2.05, 4.69) is 17.9 Å². The molecule has 1 aliphatic carbocycles. The summed E-state index contributed by atoms with van der Waals surface area (Å²) < 4.78 is 32.7. The predicted octanol–water partition coefficient (Wildman–Crippen LogP) is 6.06. The van der Waals surface area contributed by atoms with Crippen LogP contribution in [0.15, 0.2) is 71.6 Å². The van der Waals surface area contributed by atoms with Gasteiger partial charge in [0.05, 0.1) is 22.9 Å². The van der Waals surface area contributed by atoms with Crippen molar-refractivity contribution in [3.05, 3.63) is 89.0 Å². The summed E-state index contributed by atoms with van der Waals surface area (Å²) in [7, 11) is -3.60. The first-order chi connectivity index (χ1) is 19.3. The number of hydrogen-bond acceptors (Lipinski definition) is 5. The van der Waals surface area contributed by atoms with Gasteiger partial charge < -0.3 is 14.5 Å². The number of anilines is 1. The fourth-order valence-corrected chi connectivity index (χ4v) is 6.53. The van der Waals surface area contributed by atoms with E-state index in [1.165, 1.54) is 18.4 Å². The van der Waals surface area contributed by atoms with Crippen LogP contribution in [0.4, 0.5) is 5.69 Å². The Labute approximate surface area is 238 Å². The lowest BCUT2D eigenvalue weighted by Gasteiger charge is -2.37. The molecule has 3 aromatic carbocycles. The molecule has 212 valence electrons. The number of benzene rings is 3. The summed E-state index contributed by atoms with van der Waals surface area (Å²) >= 11 is 0. The number of rotatable bonds is 11. The molecule has 0 N–H and O–H groups in total. The van der Waals surface area contributed by atoms with E-state index in [4.69, 9.17) is 4.74 Å². The Morgan fingerprint density at radius 2 is 1.62 bits per heavy atom. The highest BCUT2D eigenvalue weighted by Gasteiger charge is 2.27. The van der Waals surface area contributed by atoms with Crippen LogP contribution in [-0.4, -0.2) is 52.0 Å². The lowest BCUT2D eigenvalue weighted by molar-refractivity contribution is 0.0745. The van der Waals surface area contributed by atoms with Crippen LogP contribution in [0, 0.1) is 12.8 Å². The Morgan fingerprint density at radius 3 is 2.33 bits per heavy atom. The molecule has 1 saturated heterocycles. The maximum Gasteiger partial charge on any atom is 0.254 e. The van der Waals surface area contributed by atoms with Gasteiger partial charge in [-0.2, -0.15) is 0 Å². The summed E-state index contributed by atoms with van der Waals surface area (Å²) in [5.41, 5.74) is 4.29. The zero-order valence-corrected chi connectivity index (χ0v) is 24.5. The van der Waals surface area contributed by atoms with E-state index in [1.807, 2.05) is 54.3 Å². The highest BCUT2D eigenvalue weighted by molar-refractivity contribution is 7.90. The largest absolute Gasteiger partial charge is 0.491 e. The van der Waals surface area contributed by atoms with Gasteiger partial charge in [0.25, 0.3) is 5.91 Å². The first kappa shape index (κ1) is 28.2. The number of amides is 1. The molecule has 6 nitrogen and oxygen atoms in total. The molecule has 1 amide bonds. The van der Waals surface area contributed by atoms with Crippen LogP contribution in [0.25, 0.3) is 0 Å². The van der Waals surface area contributed by atoms with Gasteiger partial charge in [0.2, 0.25) is 0 Å². The zero-order chi connectivity index (χ0) is 28.1. The third-order valence-electron chi connectivity index (χ3n) is 7.94. The SMILES string of the molecule is CCCCc1ccc(CS(=O)(=O)c2ccc(C)c(C(=O)N3CCN(c4ccccc4OCC4CC4)CC3)c2)cc1. The number of carbonyl (C=O) groups is 1. The average Bonchev–Trinajstić information content (AvgIpc) is 3.80. The average molecular weight is 561 g/mol. The summed E-state index contributed by atoms with van der Waals surface area (Å²) in [6.07, 6.45) is 5.74. The quantitative estimate of drug-likeness (QED) is 0.285. The van der Waals surface area contributed by atoms with Crippen LogP contribution in [0.3, 0.4) is 0 Å². The molecule has 0 atom stereocenters. The second-order valence-electron chi connectivity index (χ2n) is 11.2. The normalized spacial score (nSPS) is 15.8. The van der Waals surface area contributed by atoms with E-state index in [9.17, 15) is 13.2 Å². The minimum atomic E-state index is -3.60. The number of piperazine rings is 1. The van der Waals surface area contributed by atoms with Crippen molar-refractivity contribution in [3.63, 3.8) is 0 Å².